The summed E-state index contributed by atoms with van der Waals surface area (Å²) in [7, 11) is -3.06. The minimum absolute atomic E-state index is 0.137. The Bertz CT molecular complexity index is 323. The summed E-state index contributed by atoms with van der Waals surface area (Å²) in [6.07, 6.45) is 0.695. The fourth-order valence-electron chi connectivity index (χ4n) is 1.99. The second-order valence-corrected chi connectivity index (χ2v) is 7.76. The summed E-state index contributed by atoms with van der Waals surface area (Å²) in [6.45, 7) is 10.2. The topological polar surface area (TPSA) is 49.4 Å². The highest BCUT2D eigenvalue weighted by Crippen LogP contribution is 2.16. The van der Waals surface area contributed by atoms with Gasteiger partial charge in [0.05, 0.1) is 5.75 Å². The van der Waals surface area contributed by atoms with E-state index in [1.165, 1.54) is 0 Å². The van der Waals surface area contributed by atoms with Crippen LogP contribution in [-0.4, -0.2) is 43.6 Å². The van der Waals surface area contributed by atoms with E-state index in [9.17, 15) is 8.42 Å². The number of nitrogens with one attached hydrogen (secondary N) is 1. The summed E-state index contributed by atoms with van der Waals surface area (Å²) >= 11 is 0. The summed E-state index contributed by atoms with van der Waals surface area (Å²) in [4.78, 5) is 0. The molecule has 4 nitrogen and oxygen atoms in total. The zero-order valence-electron chi connectivity index (χ0n) is 10.8. The highest BCUT2D eigenvalue weighted by Gasteiger charge is 2.31. The van der Waals surface area contributed by atoms with Crippen LogP contribution in [0.15, 0.2) is 0 Å². The van der Waals surface area contributed by atoms with Gasteiger partial charge in [-0.05, 0) is 32.7 Å². The fraction of sp³-hybridized carbons (Fsp3) is 1.00. The monoisotopic (exact) mass is 248 g/mol. The van der Waals surface area contributed by atoms with Gasteiger partial charge in [-0.25, -0.2) is 8.42 Å². The minimum Gasteiger partial charge on any atom is -0.310 e. The van der Waals surface area contributed by atoms with Gasteiger partial charge in [0.25, 0.3) is 0 Å². The van der Waals surface area contributed by atoms with Crippen molar-refractivity contribution in [1.29, 1.82) is 0 Å². The predicted molar refractivity (Wildman–Crippen MR) is 66.9 cm³/mol. The Labute approximate surface area is 99.5 Å². The van der Waals surface area contributed by atoms with E-state index in [0.717, 1.165) is 6.54 Å². The van der Waals surface area contributed by atoms with Gasteiger partial charge in [0.15, 0.2) is 0 Å². The van der Waals surface area contributed by atoms with Gasteiger partial charge in [0.1, 0.15) is 0 Å². The Morgan fingerprint density at radius 3 is 2.56 bits per heavy atom. The molecular weight excluding hydrogens is 224 g/mol. The van der Waals surface area contributed by atoms with Crippen molar-refractivity contribution in [2.24, 2.45) is 5.92 Å². The lowest BCUT2D eigenvalue weighted by atomic mass is 10.1. The normalized spacial score (nSPS) is 26.3. The first-order valence-electron chi connectivity index (χ1n) is 5.96. The fourth-order valence-corrected chi connectivity index (χ4v) is 3.80. The average molecular weight is 248 g/mol. The molecule has 0 bridgehead atoms. The zero-order valence-corrected chi connectivity index (χ0v) is 11.6. The van der Waals surface area contributed by atoms with E-state index in [1.807, 2.05) is 0 Å². The van der Waals surface area contributed by atoms with Crippen LogP contribution in [0, 0.1) is 5.92 Å². The molecule has 1 fully saturated rings. The maximum absolute atomic E-state index is 12.1. The maximum atomic E-state index is 12.1. The molecule has 0 saturated carbocycles. The van der Waals surface area contributed by atoms with Crippen molar-refractivity contribution in [3.63, 3.8) is 0 Å². The SMILES string of the molecule is CC(C)CN1CC(C)(C)NCCCS1(=O)=O. The van der Waals surface area contributed by atoms with Gasteiger partial charge in [-0.2, -0.15) is 4.31 Å². The molecule has 0 amide bonds. The molecule has 1 aliphatic heterocycles. The van der Waals surface area contributed by atoms with Gasteiger partial charge in [-0.1, -0.05) is 13.8 Å². The second-order valence-electron chi connectivity index (χ2n) is 5.67. The Hall–Kier alpha value is -0.130. The third-order valence-corrected chi connectivity index (χ3v) is 4.59. The van der Waals surface area contributed by atoms with Crippen molar-refractivity contribution < 1.29 is 8.42 Å². The zero-order chi connectivity index (χ0) is 12.4. The first-order chi connectivity index (χ1) is 7.23. The predicted octanol–water partition coefficient (Wildman–Crippen LogP) is 1.05. The first kappa shape index (κ1) is 13.9. The smallest absolute Gasteiger partial charge is 0.214 e. The van der Waals surface area contributed by atoms with E-state index in [0.29, 0.717) is 25.4 Å². The van der Waals surface area contributed by atoms with Crippen LogP contribution < -0.4 is 5.32 Å². The van der Waals surface area contributed by atoms with E-state index in [1.54, 1.807) is 4.31 Å². The molecule has 0 atom stereocenters. The van der Waals surface area contributed by atoms with Gasteiger partial charge in [-0.3, -0.25) is 0 Å². The van der Waals surface area contributed by atoms with Crippen LogP contribution in [0.1, 0.15) is 34.1 Å². The number of hydrogen-bond acceptors (Lipinski definition) is 3. The quantitative estimate of drug-likeness (QED) is 0.794. The Kier molecular flexibility index (Phi) is 4.37. The van der Waals surface area contributed by atoms with Gasteiger partial charge >= 0.3 is 0 Å². The molecule has 16 heavy (non-hydrogen) atoms. The largest absolute Gasteiger partial charge is 0.310 e. The van der Waals surface area contributed by atoms with E-state index < -0.39 is 10.0 Å². The molecule has 0 aromatic rings. The lowest BCUT2D eigenvalue weighted by Gasteiger charge is -2.36. The van der Waals surface area contributed by atoms with Crippen molar-refractivity contribution in [2.75, 3.05) is 25.4 Å². The van der Waals surface area contributed by atoms with Gasteiger partial charge < -0.3 is 5.32 Å². The van der Waals surface area contributed by atoms with E-state index in [-0.39, 0.29) is 11.3 Å². The molecule has 0 aromatic heterocycles. The highest BCUT2D eigenvalue weighted by molar-refractivity contribution is 7.89. The van der Waals surface area contributed by atoms with Crippen molar-refractivity contribution in [3.8, 4) is 0 Å². The summed E-state index contributed by atoms with van der Waals surface area (Å²) in [6, 6.07) is 0. The number of nitrogens with zero attached hydrogens (tertiary/aromatic N) is 1. The van der Waals surface area contributed by atoms with Crippen molar-refractivity contribution in [1.82, 2.24) is 9.62 Å². The molecule has 0 radical (unpaired) electrons. The highest BCUT2D eigenvalue weighted by atomic mass is 32.2. The molecule has 96 valence electrons. The van der Waals surface area contributed by atoms with Crippen LogP contribution in [0.2, 0.25) is 0 Å². The molecule has 1 rings (SSSR count). The van der Waals surface area contributed by atoms with Gasteiger partial charge in [0, 0.05) is 18.6 Å². The van der Waals surface area contributed by atoms with Gasteiger partial charge in [0.2, 0.25) is 10.0 Å². The van der Waals surface area contributed by atoms with Crippen molar-refractivity contribution in [3.05, 3.63) is 0 Å². The van der Waals surface area contributed by atoms with E-state index in [2.05, 4.69) is 33.0 Å². The van der Waals surface area contributed by atoms with Crippen LogP contribution in [0.3, 0.4) is 0 Å². The average Bonchev–Trinajstić information content (AvgIpc) is 2.09. The summed E-state index contributed by atoms with van der Waals surface area (Å²) in [5.41, 5.74) is -0.137. The molecule has 0 spiro atoms. The van der Waals surface area contributed by atoms with Crippen LogP contribution in [0.25, 0.3) is 0 Å². The van der Waals surface area contributed by atoms with Crippen LogP contribution in [0.4, 0.5) is 0 Å². The standard InChI is InChI=1S/C11H24N2O2S/c1-10(2)8-13-9-11(3,4)12-6-5-7-16(13,14)15/h10,12H,5-9H2,1-4H3. The van der Waals surface area contributed by atoms with Crippen LogP contribution >= 0.6 is 0 Å². The molecule has 1 heterocycles. The number of sulfonamides is 1. The third-order valence-electron chi connectivity index (χ3n) is 2.72. The first-order valence-corrected chi connectivity index (χ1v) is 7.57. The van der Waals surface area contributed by atoms with Crippen LogP contribution in [-0.2, 0) is 10.0 Å². The third kappa shape index (κ3) is 4.03. The van der Waals surface area contributed by atoms with Crippen molar-refractivity contribution in [2.45, 2.75) is 39.7 Å². The number of rotatable bonds is 2. The Morgan fingerprint density at radius 1 is 1.38 bits per heavy atom. The summed E-state index contributed by atoms with van der Waals surface area (Å²) < 4.78 is 25.8. The Morgan fingerprint density at radius 2 is 2.00 bits per heavy atom. The second kappa shape index (κ2) is 5.02. The Balaban J connectivity index is 2.86. The molecule has 0 aromatic carbocycles. The van der Waals surface area contributed by atoms with E-state index >= 15 is 0 Å². The molecular formula is C11H24N2O2S. The van der Waals surface area contributed by atoms with Gasteiger partial charge in [-0.15, -0.1) is 0 Å². The molecule has 1 saturated heterocycles. The summed E-state index contributed by atoms with van der Waals surface area (Å²) in [5.74, 6) is 0.632. The van der Waals surface area contributed by atoms with Crippen molar-refractivity contribution >= 4 is 10.0 Å². The lowest BCUT2D eigenvalue weighted by Crippen LogP contribution is -2.54. The lowest BCUT2D eigenvalue weighted by molar-refractivity contribution is 0.261. The molecule has 0 unspecified atom stereocenters. The van der Waals surface area contributed by atoms with E-state index in [4.69, 9.17) is 0 Å². The molecule has 1 aliphatic rings. The summed E-state index contributed by atoms with van der Waals surface area (Å²) in [5, 5.41) is 3.40. The molecule has 5 heteroatoms. The molecule has 0 aliphatic carbocycles. The van der Waals surface area contributed by atoms with Crippen LogP contribution in [0.5, 0.6) is 0 Å². The maximum Gasteiger partial charge on any atom is 0.214 e. The number of hydrogen-bond donors (Lipinski definition) is 1. The molecule has 1 N–H and O–H groups in total. The minimum atomic E-state index is -3.06.